The molecule has 0 aliphatic rings. The average molecular weight is 360 g/mol. The summed E-state index contributed by atoms with van der Waals surface area (Å²) in [5.41, 5.74) is 1.54. The second-order valence-corrected chi connectivity index (χ2v) is 8.29. The summed E-state index contributed by atoms with van der Waals surface area (Å²) in [6, 6.07) is 10.9. The number of benzene rings is 1. The third kappa shape index (κ3) is 10.4. The van der Waals surface area contributed by atoms with Gasteiger partial charge in [-0.05, 0) is 26.0 Å². The fraction of sp³-hybridized carbons (Fsp3) is 0.760. The van der Waals surface area contributed by atoms with Gasteiger partial charge >= 0.3 is 0 Å². The third-order valence-corrected chi connectivity index (χ3v) is 5.99. The van der Waals surface area contributed by atoms with Crippen LogP contribution in [0.25, 0.3) is 0 Å². The Morgan fingerprint density at radius 3 is 1.50 bits per heavy atom. The summed E-state index contributed by atoms with van der Waals surface area (Å²) >= 11 is 0. The van der Waals surface area contributed by atoms with Crippen molar-refractivity contribution in [2.24, 2.45) is 0 Å². The highest BCUT2D eigenvalue weighted by molar-refractivity contribution is 5.23. The van der Waals surface area contributed by atoms with Crippen molar-refractivity contribution in [1.29, 1.82) is 0 Å². The lowest BCUT2D eigenvalue weighted by molar-refractivity contribution is 0.351. The molecule has 1 heteroatoms. The van der Waals surface area contributed by atoms with Gasteiger partial charge in [-0.25, -0.2) is 0 Å². The molecule has 0 radical (unpaired) electrons. The van der Waals surface area contributed by atoms with Gasteiger partial charge in [-0.2, -0.15) is 0 Å². The lowest BCUT2D eigenvalue weighted by Crippen LogP contribution is -2.36. The fourth-order valence-electron chi connectivity index (χ4n) is 3.89. The lowest BCUT2D eigenvalue weighted by atomic mass is 9.86. The second kappa shape index (κ2) is 15.3. The molecule has 0 aromatic heterocycles. The van der Waals surface area contributed by atoms with Crippen LogP contribution in [0.4, 0.5) is 0 Å². The molecule has 1 N–H and O–H groups in total. The standard InChI is InChI=1S/C25H45N/c1-4-5-6-7-8-9-10-11-12-13-14-15-16-20-23-25(2,26-3)24-21-18-17-19-22-24/h17-19,21-22,26H,4-16,20,23H2,1-3H3. The second-order valence-electron chi connectivity index (χ2n) is 8.29. The third-order valence-electron chi connectivity index (χ3n) is 5.99. The van der Waals surface area contributed by atoms with E-state index in [1.165, 1.54) is 102 Å². The molecule has 1 aromatic carbocycles. The quantitative estimate of drug-likeness (QED) is 0.278. The minimum atomic E-state index is 0.123. The summed E-state index contributed by atoms with van der Waals surface area (Å²) in [5, 5.41) is 3.54. The maximum absolute atomic E-state index is 3.54. The molecular formula is C25H45N. The van der Waals surface area contributed by atoms with Gasteiger partial charge in [0.1, 0.15) is 0 Å². The van der Waals surface area contributed by atoms with Gasteiger partial charge in [-0.3, -0.25) is 0 Å². The highest BCUT2D eigenvalue weighted by Crippen LogP contribution is 2.26. The van der Waals surface area contributed by atoms with Gasteiger partial charge in [0.25, 0.3) is 0 Å². The van der Waals surface area contributed by atoms with Gasteiger partial charge in [0, 0.05) is 5.54 Å². The van der Waals surface area contributed by atoms with Crippen molar-refractivity contribution in [3.8, 4) is 0 Å². The van der Waals surface area contributed by atoms with E-state index < -0.39 is 0 Å². The van der Waals surface area contributed by atoms with Gasteiger partial charge in [0.05, 0.1) is 0 Å². The van der Waals surface area contributed by atoms with Crippen LogP contribution in [0.2, 0.25) is 0 Å². The Balaban J connectivity index is 1.94. The Bertz CT molecular complexity index is 413. The van der Waals surface area contributed by atoms with Gasteiger partial charge in [0.15, 0.2) is 0 Å². The van der Waals surface area contributed by atoms with E-state index in [1.807, 2.05) is 0 Å². The van der Waals surface area contributed by atoms with Crippen LogP contribution < -0.4 is 5.32 Å². The largest absolute Gasteiger partial charge is 0.311 e. The number of unbranched alkanes of at least 4 members (excludes halogenated alkanes) is 13. The van der Waals surface area contributed by atoms with E-state index in [2.05, 4.69) is 56.5 Å². The maximum Gasteiger partial charge on any atom is 0.0403 e. The van der Waals surface area contributed by atoms with E-state index in [-0.39, 0.29) is 5.54 Å². The first kappa shape index (κ1) is 23.2. The minimum absolute atomic E-state index is 0.123. The monoisotopic (exact) mass is 359 g/mol. The highest BCUT2D eigenvalue weighted by Gasteiger charge is 2.23. The Morgan fingerprint density at radius 1 is 0.654 bits per heavy atom. The highest BCUT2D eigenvalue weighted by atomic mass is 14.9. The SMILES string of the molecule is CCCCCCCCCCCCCCCCC(C)(NC)c1ccccc1. The smallest absolute Gasteiger partial charge is 0.0403 e. The van der Waals surface area contributed by atoms with E-state index in [4.69, 9.17) is 0 Å². The van der Waals surface area contributed by atoms with Gasteiger partial charge < -0.3 is 5.32 Å². The summed E-state index contributed by atoms with van der Waals surface area (Å²) in [5.74, 6) is 0. The van der Waals surface area contributed by atoms with Crippen molar-refractivity contribution in [3.05, 3.63) is 35.9 Å². The van der Waals surface area contributed by atoms with Crippen molar-refractivity contribution in [1.82, 2.24) is 5.32 Å². The Morgan fingerprint density at radius 2 is 1.08 bits per heavy atom. The van der Waals surface area contributed by atoms with E-state index in [0.717, 1.165) is 0 Å². The van der Waals surface area contributed by atoms with Crippen LogP contribution in [0.5, 0.6) is 0 Å². The molecule has 1 rings (SSSR count). The molecular weight excluding hydrogens is 314 g/mol. The van der Waals surface area contributed by atoms with Crippen LogP contribution >= 0.6 is 0 Å². The van der Waals surface area contributed by atoms with Gasteiger partial charge in [-0.15, -0.1) is 0 Å². The molecule has 0 amide bonds. The molecule has 26 heavy (non-hydrogen) atoms. The van der Waals surface area contributed by atoms with E-state index in [0.29, 0.717) is 0 Å². The first-order valence-corrected chi connectivity index (χ1v) is 11.5. The average Bonchev–Trinajstić information content (AvgIpc) is 2.68. The van der Waals surface area contributed by atoms with Crippen molar-refractivity contribution < 1.29 is 0 Å². The molecule has 0 spiro atoms. The number of hydrogen-bond acceptors (Lipinski definition) is 1. The van der Waals surface area contributed by atoms with Gasteiger partial charge in [-0.1, -0.05) is 127 Å². The Labute approximate surface area is 164 Å². The van der Waals surface area contributed by atoms with Gasteiger partial charge in [0.2, 0.25) is 0 Å². The van der Waals surface area contributed by atoms with Crippen molar-refractivity contribution in [2.45, 2.75) is 116 Å². The molecule has 0 saturated heterocycles. The molecule has 0 aliphatic carbocycles. The predicted octanol–water partition coefficient (Wildman–Crippen LogP) is 7.99. The number of nitrogens with one attached hydrogen (secondary N) is 1. The number of rotatable bonds is 17. The number of hydrogen-bond donors (Lipinski definition) is 1. The topological polar surface area (TPSA) is 12.0 Å². The minimum Gasteiger partial charge on any atom is -0.311 e. The zero-order chi connectivity index (χ0) is 18.9. The van der Waals surface area contributed by atoms with Crippen LogP contribution in [0.3, 0.4) is 0 Å². The van der Waals surface area contributed by atoms with Crippen molar-refractivity contribution >= 4 is 0 Å². The Kier molecular flexibility index (Phi) is 13.6. The van der Waals surface area contributed by atoms with E-state index in [9.17, 15) is 0 Å². The Hall–Kier alpha value is -0.820. The molecule has 150 valence electrons. The zero-order valence-electron chi connectivity index (χ0n) is 18.0. The summed E-state index contributed by atoms with van der Waals surface area (Å²) in [6.45, 7) is 4.63. The van der Waals surface area contributed by atoms with E-state index in [1.54, 1.807) is 0 Å². The van der Waals surface area contributed by atoms with Crippen LogP contribution in [-0.2, 0) is 5.54 Å². The molecule has 0 bridgehead atoms. The normalized spacial score (nSPS) is 13.7. The first-order chi connectivity index (χ1) is 12.7. The summed E-state index contributed by atoms with van der Waals surface area (Å²) in [4.78, 5) is 0. The maximum atomic E-state index is 3.54. The first-order valence-electron chi connectivity index (χ1n) is 11.5. The predicted molar refractivity (Wildman–Crippen MR) is 118 cm³/mol. The fourth-order valence-corrected chi connectivity index (χ4v) is 3.89. The molecule has 0 saturated carbocycles. The molecule has 1 nitrogen and oxygen atoms in total. The molecule has 1 unspecified atom stereocenters. The molecule has 0 fully saturated rings. The van der Waals surface area contributed by atoms with Crippen LogP contribution in [0.1, 0.15) is 116 Å². The van der Waals surface area contributed by atoms with Crippen LogP contribution in [0.15, 0.2) is 30.3 Å². The van der Waals surface area contributed by atoms with Crippen molar-refractivity contribution in [2.75, 3.05) is 7.05 Å². The molecule has 1 atom stereocenters. The molecule has 1 aromatic rings. The summed E-state index contributed by atoms with van der Waals surface area (Å²) < 4.78 is 0. The van der Waals surface area contributed by atoms with E-state index >= 15 is 0 Å². The van der Waals surface area contributed by atoms with Crippen LogP contribution in [-0.4, -0.2) is 7.05 Å². The molecule has 0 aliphatic heterocycles. The summed E-state index contributed by atoms with van der Waals surface area (Å²) in [7, 11) is 2.09. The molecule has 0 heterocycles. The van der Waals surface area contributed by atoms with Crippen LogP contribution in [0, 0.1) is 0 Å². The zero-order valence-corrected chi connectivity index (χ0v) is 18.0. The summed E-state index contributed by atoms with van der Waals surface area (Å²) in [6.07, 6.45) is 21.2. The van der Waals surface area contributed by atoms with Crippen molar-refractivity contribution in [3.63, 3.8) is 0 Å². The lowest BCUT2D eigenvalue weighted by Gasteiger charge is -2.30.